The van der Waals surface area contributed by atoms with Gasteiger partial charge in [0.2, 0.25) is 33.3 Å². The van der Waals surface area contributed by atoms with Crippen molar-refractivity contribution in [2.75, 3.05) is 0 Å². The van der Waals surface area contributed by atoms with Crippen LogP contribution in [-0.4, -0.2) is 33.3 Å². The first kappa shape index (κ1) is 19.0. The van der Waals surface area contributed by atoms with Gasteiger partial charge >= 0.3 is 0 Å². The summed E-state index contributed by atoms with van der Waals surface area (Å²) in [6, 6.07) is 9.28. The fourth-order valence-electron chi connectivity index (χ4n) is 3.45. The van der Waals surface area contributed by atoms with Gasteiger partial charge in [-0.05, 0) is 76.6 Å². The molecule has 0 amide bonds. The molecule has 0 saturated carbocycles. The molecule has 2 nitrogen and oxygen atoms in total. The van der Waals surface area contributed by atoms with Crippen LogP contribution in [0.25, 0.3) is 0 Å². The quantitative estimate of drug-likeness (QED) is 0.600. The van der Waals surface area contributed by atoms with Crippen LogP contribution in [0.3, 0.4) is 0 Å². The zero-order valence-corrected chi connectivity index (χ0v) is 21.6. The largest absolute Gasteiger partial charge is 0.448 e. The Morgan fingerprint density at radius 1 is 0.500 bits per heavy atom. The van der Waals surface area contributed by atoms with E-state index in [-0.39, 0.29) is 0 Å². The molecule has 0 N–H and O–H groups in total. The summed E-state index contributed by atoms with van der Waals surface area (Å²) < 4.78 is 19.7. The number of thiophene rings is 2. The molecule has 1 aliphatic rings. The molecule has 0 saturated heterocycles. The summed E-state index contributed by atoms with van der Waals surface area (Å²) in [5.41, 5.74) is 0. The Hall–Kier alpha value is 0.188. The van der Waals surface area contributed by atoms with Gasteiger partial charge in [-0.3, -0.25) is 0 Å². The molecule has 3 heterocycles. The Kier molecular flexibility index (Phi) is 4.62. The van der Waals surface area contributed by atoms with E-state index in [1.165, 1.54) is 18.0 Å². The Bertz CT molecular complexity index is 640. The van der Waals surface area contributed by atoms with Crippen molar-refractivity contribution in [2.45, 2.75) is 52.4 Å². The third-order valence-electron chi connectivity index (χ3n) is 4.61. The van der Waals surface area contributed by atoms with Crippen molar-refractivity contribution in [3.63, 3.8) is 0 Å². The molecule has 1 aliphatic heterocycles. The summed E-state index contributed by atoms with van der Waals surface area (Å²) in [4.78, 5) is 0. The molecule has 0 radical (unpaired) electrons. The van der Waals surface area contributed by atoms with Gasteiger partial charge in [-0.1, -0.05) is 0 Å². The summed E-state index contributed by atoms with van der Waals surface area (Å²) in [5, 5.41) is 0. The minimum absolute atomic E-state index is 1.46. The second-order valence-electron chi connectivity index (χ2n) is 8.57. The highest BCUT2D eigenvalue weighted by Crippen LogP contribution is 2.23. The van der Waals surface area contributed by atoms with E-state index in [9.17, 15) is 0 Å². The monoisotopic (exact) mass is 428 g/mol. The van der Waals surface area contributed by atoms with Crippen LogP contribution < -0.4 is 18.0 Å². The topological polar surface area (TPSA) is 18.5 Å². The molecule has 24 heavy (non-hydrogen) atoms. The minimum atomic E-state index is -1.89. The highest BCUT2D eigenvalue weighted by atomic mass is 32.1. The van der Waals surface area contributed by atoms with Crippen LogP contribution in [0.4, 0.5) is 0 Å². The molecule has 2 aromatic rings. The molecule has 132 valence electrons. The molecule has 2 aromatic heterocycles. The van der Waals surface area contributed by atoms with Gasteiger partial charge in [-0.25, -0.2) is 0 Å². The highest BCUT2D eigenvalue weighted by molar-refractivity contribution is 7.38. The zero-order valence-electron chi connectivity index (χ0n) is 15.9. The van der Waals surface area contributed by atoms with Gasteiger partial charge in [0, 0.05) is 18.0 Å². The summed E-state index contributed by atoms with van der Waals surface area (Å²) in [6.07, 6.45) is 0. The smallest absolute Gasteiger partial charge is 0.216 e. The average molecular weight is 429 g/mol. The number of rotatable bonds is 0. The van der Waals surface area contributed by atoms with Crippen molar-refractivity contribution in [1.82, 2.24) is 0 Å². The Balaban J connectivity index is 2.18. The SMILES string of the molecule is C[Si]1(C)O[Si](C)(C)c2ccc(s2)[Si](C)(C)O[Si](C)(C)c2ccc1s2. The second kappa shape index (κ2) is 5.85. The molecule has 8 heteroatoms. The van der Waals surface area contributed by atoms with E-state index >= 15 is 0 Å². The third-order valence-corrected chi connectivity index (χ3v) is 26.7. The van der Waals surface area contributed by atoms with Crippen molar-refractivity contribution in [3.05, 3.63) is 24.3 Å². The van der Waals surface area contributed by atoms with Gasteiger partial charge in [0.05, 0.1) is 0 Å². The minimum Gasteiger partial charge on any atom is -0.448 e. The molecular formula is C16H28O2S2Si4. The normalized spacial score (nSPS) is 24.0. The van der Waals surface area contributed by atoms with E-state index in [2.05, 4.69) is 76.6 Å². The van der Waals surface area contributed by atoms with Crippen LogP contribution in [0.5, 0.6) is 0 Å². The highest BCUT2D eigenvalue weighted by Gasteiger charge is 2.43. The molecule has 0 aromatic carbocycles. The van der Waals surface area contributed by atoms with E-state index in [0.717, 1.165) is 0 Å². The first-order valence-corrected chi connectivity index (χ1v) is 21.7. The predicted molar refractivity (Wildman–Crippen MR) is 119 cm³/mol. The maximum absolute atomic E-state index is 6.92. The Labute approximate surface area is 158 Å². The van der Waals surface area contributed by atoms with Crippen LogP contribution in [0.2, 0.25) is 52.4 Å². The lowest BCUT2D eigenvalue weighted by atomic mass is 10.7. The van der Waals surface area contributed by atoms with Crippen LogP contribution in [0, 0.1) is 0 Å². The number of hydrogen-bond acceptors (Lipinski definition) is 4. The van der Waals surface area contributed by atoms with E-state index in [0.29, 0.717) is 0 Å². The van der Waals surface area contributed by atoms with Crippen LogP contribution in [0.15, 0.2) is 24.3 Å². The van der Waals surface area contributed by atoms with Gasteiger partial charge in [0.15, 0.2) is 0 Å². The lowest BCUT2D eigenvalue weighted by Gasteiger charge is -2.35. The molecule has 4 bridgehead atoms. The molecule has 3 rings (SSSR count). The standard InChI is InChI=1S/C16H28O2S2Si4/c1-21(2)13-9-10-14(19-13)23(5,6)18-24(7,8)16-12-11-15(20-16)22(3,4)17-21/h9-12H,1-8H3. The fraction of sp³-hybridized carbons (Fsp3) is 0.500. The molecule has 0 atom stereocenters. The molecule has 0 fully saturated rings. The maximum atomic E-state index is 6.92. The van der Waals surface area contributed by atoms with Gasteiger partial charge in [0.25, 0.3) is 0 Å². The van der Waals surface area contributed by atoms with Crippen molar-refractivity contribution in [3.8, 4) is 0 Å². The molecule has 0 unspecified atom stereocenters. The van der Waals surface area contributed by atoms with E-state index in [4.69, 9.17) is 8.23 Å². The van der Waals surface area contributed by atoms with Crippen molar-refractivity contribution < 1.29 is 8.23 Å². The van der Waals surface area contributed by atoms with Crippen LogP contribution >= 0.6 is 22.7 Å². The van der Waals surface area contributed by atoms with E-state index < -0.39 is 33.3 Å². The first-order chi connectivity index (χ1) is 10.8. The number of hydrogen-bond donors (Lipinski definition) is 0. The van der Waals surface area contributed by atoms with E-state index in [1.807, 2.05) is 22.7 Å². The summed E-state index contributed by atoms with van der Waals surface area (Å²) in [7, 11) is -7.57. The Morgan fingerprint density at radius 2 is 0.708 bits per heavy atom. The van der Waals surface area contributed by atoms with Gasteiger partial charge in [-0.15, -0.1) is 22.7 Å². The van der Waals surface area contributed by atoms with Gasteiger partial charge in [-0.2, -0.15) is 0 Å². The fourth-order valence-corrected chi connectivity index (χ4v) is 25.6. The first-order valence-electron chi connectivity index (χ1n) is 8.45. The van der Waals surface area contributed by atoms with Crippen molar-refractivity contribution in [2.24, 2.45) is 0 Å². The average Bonchev–Trinajstić information content (AvgIpc) is 3.06. The Morgan fingerprint density at radius 3 is 0.917 bits per heavy atom. The molecular weight excluding hydrogens is 401 g/mol. The summed E-state index contributed by atoms with van der Waals surface area (Å²) in [5.74, 6) is 0. The van der Waals surface area contributed by atoms with Crippen LogP contribution in [0.1, 0.15) is 0 Å². The molecule has 0 aliphatic carbocycles. The van der Waals surface area contributed by atoms with Crippen LogP contribution in [-0.2, 0) is 8.23 Å². The van der Waals surface area contributed by atoms with Crippen molar-refractivity contribution in [1.29, 1.82) is 0 Å². The summed E-state index contributed by atoms with van der Waals surface area (Å²) in [6.45, 7) is 18.8. The maximum Gasteiger partial charge on any atom is 0.216 e. The third kappa shape index (κ3) is 3.39. The van der Waals surface area contributed by atoms with Crippen molar-refractivity contribution >= 4 is 73.9 Å². The zero-order chi connectivity index (χ0) is 18.0. The number of fused-ring (bicyclic) bond motifs is 4. The summed E-state index contributed by atoms with van der Waals surface area (Å²) >= 11 is 3.92. The van der Waals surface area contributed by atoms with Gasteiger partial charge < -0.3 is 8.23 Å². The molecule has 0 spiro atoms. The predicted octanol–water partition coefficient (Wildman–Crippen LogP) is 3.21. The lowest BCUT2D eigenvalue weighted by Crippen LogP contribution is -2.58. The van der Waals surface area contributed by atoms with Gasteiger partial charge in [0.1, 0.15) is 0 Å². The van der Waals surface area contributed by atoms with E-state index in [1.54, 1.807) is 0 Å². The lowest BCUT2D eigenvalue weighted by molar-refractivity contribution is 0.574. The second-order valence-corrected chi connectivity index (χ2v) is 28.1.